The fourth-order valence-electron chi connectivity index (χ4n) is 9.57. The molecule has 0 radical (unpaired) electrons. The van der Waals surface area contributed by atoms with Crippen molar-refractivity contribution in [1.29, 1.82) is 0 Å². The number of aliphatic hydroxyl groups is 1. The predicted octanol–water partition coefficient (Wildman–Crippen LogP) is 5.77. The Hall–Kier alpha value is -7.62. The van der Waals surface area contributed by atoms with Crippen LogP contribution < -0.4 is 26.0 Å². The van der Waals surface area contributed by atoms with E-state index in [0.717, 1.165) is 9.60 Å². The number of urea groups is 1. The second-order valence-corrected chi connectivity index (χ2v) is 16.9. The van der Waals surface area contributed by atoms with Gasteiger partial charge in [-0.1, -0.05) is 108 Å². The van der Waals surface area contributed by atoms with E-state index in [1.165, 1.54) is 18.4 Å². The highest BCUT2D eigenvalue weighted by Crippen LogP contribution is 2.66. The Kier molecular flexibility index (Phi) is 12.7. The van der Waals surface area contributed by atoms with Gasteiger partial charge in [0, 0.05) is 12.7 Å². The summed E-state index contributed by atoms with van der Waals surface area (Å²) in [6.45, 7) is -0.624. The monoisotopic (exact) mass is 920 g/mol. The summed E-state index contributed by atoms with van der Waals surface area (Å²) >= 11 is 1.22. The number of carbonyl (C=O) groups is 5. The molecule has 2 fully saturated rings. The number of esters is 1. The Morgan fingerprint density at radius 3 is 2.33 bits per heavy atom. The summed E-state index contributed by atoms with van der Waals surface area (Å²) in [5.74, 6) is 2.19. The summed E-state index contributed by atoms with van der Waals surface area (Å²) in [6, 6.07) is 33.2. The molecule has 0 saturated carbocycles. The third-order valence-electron chi connectivity index (χ3n) is 12.1. The first-order chi connectivity index (χ1) is 32.6. The number of hydrogen-bond acceptors (Lipinski definition) is 13. The maximum absolute atomic E-state index is 16.4. The highest BCUT2D eigenvalue weighted by atomic mass is 32.1. The summed E-state index contributed by atoms with van der Waals surface area (Å²) in [4.78, 5) is 81.0. The first-order valence-corrected chi connectivity index (χ1v) is 22.2. The third-order valence-corrected chi connectivity index (χ3v) is 13.0. The number of thiazole rings is 1. The van der Waals surface area contributed by atoms with Crippen LogP contribution in [0.15, 0.2) is 127 Å². The summed E-state index contributed by atoms with van der Waals surface area (Å²) in [6.07, 6.45) is -2.00. The van der Waals surface area contributed by atoms with Gasteiger partial charge in [-0.2, -0.15) is 0 Å². The topological polar surface area (TPSA) is 212 Å². The van der Waals surface area contributed by atoms with Gasteiger partial charge in [-0.05, 0) is 64.7 Å². The predicted molar refractivity (Wildman–Crippen MR) is 247 cm³/mol. The number of fused-ring (bicyclic) bond motifs is 4. The molecule has 6 aromatic rings. The first kappa shape index (κ1) is 44.6. The lowest BCUT2D eigenvalue weighted by molar-refractivity contribution is -0.177. The van der Waals surface area contributed by atoms with Gasteiger partial charge in [0.25, 0.3) is 0 Å². The summed E-state index contributed by atoms with van der Waals surface area (Å²) in [5, 5.41) is 15.4. The van der Waals surface area contributed by atoms with Gasteiger partial charge in [0.15, 0.2) is 5.13 Å². The minimum Gasteiger partial charge on any atom is -0.491 e. The summed E-state index contributed by atoms with van der Waals surface area (Å²) < 4.78 is 24.1. The minimum absolute atomic E-state index is 0.0252. The minimum atomic E-state index is -2.14. The van der Waals surface area contributed by atoms with Gasteiger partial charge < -0.3 is 40.4 Å². The number of methoxy groups -OCH3 is 1. The number of hydrogen-bond donors (Lipinski definition) is 4. The van der Waals surface area contributed by atoms with E-state index < -0.39 is 65.5 Å². The number of nitrogens with two attached hydrogens (primary N) is 1. The molecular weight excluding hydrogens is 877 g/mol. The first-order valence-electron chi connectivity index (χ1n) is 21.4. The molecule has 0 unspecified atom stereocenters. The molecular formula is C50H44N6O10S. The van der Waals surface area contributed by atoms with E-state index in [4.69, 9.17) is 29.7 Å². The molecule has 340 valence electrons. The Bertz CT molecular complexity index is 2890. The average Bonchev–Trinajstić information content (AvgIpc) is 3.98. The van der Waals surface area contributed by atoms with Crippen LogP contribution in [0.1, 0.15) is 46.0 Å². The number of para-hydroxylation sites is 1. The number of carbonyl (C=O) groups excluding carboxylic acids is 5. The molecule has 16 nitrogen and oxygen atoms in total. The lowest BCUT2D eigenvalue weighted by Gasteiger charge is -2.46. The van der Waals surface area contributed by atoms with E-state index in [1.54, 1.807) is 48.5 Å². The highest BCUT2D eigenvalue weighted by Gasteiger charge is 2.76. The van der Waals surface area contributed by atoms with Crippen LogP contribution in [0.3, 0.4) is 0 Å². The Morgan fingerprint density at radius 1 is 0.866 bits per heavy atom. The molecule has 9 rings (SSSR count). The zero-order chi connectivity index (χ0) is 46.7. The number of imide groups is 1. The molecule has 1 aromatic heterocycles. The molecule has 5 N–H and O–H groups in total. The number of aliphatic hydroxyl groups excluding tert-OH is 1. The van der Waals surface area contributed by atoms with Crippen LogP contribution in [0.25, 0.3) is 10.2 Å². The number of morpholine rings is 1. The zero-order valence-corrected chi connectivity index (χ0v) is 36.8. The molecule has 0 bridgehead atoms. The largest absolute Gasteiger partial charge is 0.491 e. The zero-order valence-electron chi connectivity index (χ0n) is 36.0. The summed E-state index contributed by atoms with van der Waals surface area (Å²) in [5.41, 5.74) is 6.22. The van der Waals surface area contributed by atoms with Crippen molar-refractivity contribution >= 4 is 62.3 Å². The van der Waals surface area contributed by atoms with Crippen molar-refractivity contribution in [2.75, 3.05) is 50.3 Å². The maximum Gasteiger partial charge on any atom is 0.421 e. The van der Waals surface area contributed by atoms with Crippen molar-refractivity contribution in [1.82, 2.24) is 15.2 Å². The molecule has 4 heterocycles. The molecule has 5 amide bonds. The standard InChI is InChI=1S/C50H44N6O10S/c1-63-26-27-65-49(62)55-37-22-21-30(12-11-23-52-47(51)61)28-35(37)50(46(55)60)39(44(58)54-48-53-36-19-8-9-20-38(36)67-48)41-45(59)66-42(32-15-6-3-7-16-32)40(31-13-4-2-5-14-31)56(41)43(50)33-17-10-18-34(29-33)64-25-24-57/h2-10,13-22,28-29,39-43,57H,23-27H2,1H3,(H3,51,52,61)(H,53,54,58)/t39-,40-,41-,42+,43+,50-/m0/s1. The van der Waals surface area contributed by atoms with Crippen LogP contribution in [-0.4, -0.2) is 91.0 Å². The van der Waals surface area contributed by atoms with Crippen molar-refractivity contribution < 1.29 is 48.0 Å². The number of anilines is 2. The fraction of sp³-hybridized carbons (Fsp3) is 0.240. The number of benzene rings is 5. The Morgan fingerprint density at radius 2 is 1.60 bits per heavy atom. The molecule has 6 atom stereocenters. The Labute approximate surface area is 388 Å². The van der Waals surface area contributed by atoms with Gasteiger partial charge in [0.1, 0.15) is 36.5 Å². The van der Waals surface area contributed by atoms with E-state index in [1.807, 2.05) is 83.8 Å². The van der Waals surface area contributed by atoms with Gasteiger partial charge in [-0.3, -0.25) is 19.3 Å². The van der Waals surface area contributed by atoms with E-state index in [9.17, 15) is 14.7 Å². The van der Waals surface area contributed by atoms with Crippen LogP contribution in [0.2, 0.25) is 0 Å². The lowest BCUT2D eigenvalue weighted by atomic mass is 9.65. The third kappa shape index (κ3) is 8.21. The van der Waals surface area contributed by atoms with Gasteiger partial charge in [0.05, 0.1) is 53.7 Å². The number of amides is 5. The van der Waals surface area contributed by atoms with Gasteiger partial charge in [-0.25, -0.2) is 19.5 Å². The van der Waals surface area contributed by atoms with Gasteiger partial charge in [0.2, 0.25) is 11.8 Å². The fourth-order valence-corrected chi connectivity index (χ4v) is 10.4. The SMILES string of the molecule is COCCOC(=O)N1C(=O)[C@@]2(c3cc(C#CCNC(N)=O)ccc31)[C@H](C(=O)Nc1nc3ccccc3s1)[C@H]1C(=O)O[C@H](c3ccccc3)[C@H](c3ccccc3)N1[C@@H]2c1cccc(OCCO)c1. The summed E-state index contributed by atoms with van der Waals surface area (Å²) in [7, 11) is 1.44. The smallest absolute Gasteiger partial charge is 0.421 e. The van der Waals surface area contributed by atoms with Crippen LogP contribution in [0, 0.1) is 17.8 Å². The molecule has 3 aliphatic heterocycles. The molecule has 1 spiro atoms. The van der Waals surface area contributed by atoms with E-state index >= 15 is 14.4 Å². The second-order valence-electron chi connectivity index (χ2n) is 15.9. The van der Waals surface area contributed by atoms with Crippen molar-refractivity contribution in [3.63, 3.8) is 0 Å². The molecule has 2 saturated heterocycles. The average molecular weight is 921 g/mol. The number of rotatable bonds is 12. The number of nitrogens with zero attached hydrogens (tertiary/aromatic N) is 3. The van der Waals surface area contributed by atoms with Crippen molar-refractivity contribution in [3.8, 4) is 17.6 Å². The van der Waals surface area contributed by atoms with Crippen LogP contribution >= 0.6 is 11.3 Å². The van der Waals surface area contributed by atoms with Crippen LogP contribution in [-0.2, 0) is 34.0 Å². The molecule has 17 heteroatoms. The second kappa shape index (κ2) is 19.1. The van der Waals surface area contributed by atoms with Crippen LogP contribution in [0.4, 0.5) is 20.4 Å². The number of ether oxygens (including phenoxy) is 4. The van der Waals surface area contributed by atoms with Gasteiger partial charge in [-0.15, -0.1) is 0 Å². The number of cyclic esters (lactones) is 1. The molecule has 3 aliphatic rings. The number of nitrogens with one attached hydrogen (secondary N) is 2. The number of aromatic nitrogens is 1. The van der Waals surface area contributed by atoms with Crippen molar-refractivity contribution in [2.45, 2.75) is 29.6 Å². The number of primary amides is 1. The normalized spacial score (nSPS) is 21.8. The Balaban J connectivity index is 1.35. The van der Waals surface area contributed by atoms with Crippen LogP contribution in [0.5, 0.6) is 5.75 Å². The quantitative estimate of drug-likeness (QED) is 0.0655. The lowest BCUT2D eigenvalue weighted by Crippen LogP contribution is -2.54. The van der Waals surface area contributed by atoms with Crippen molar-refractivity contribution in [3.05, 3.63) is 155 Å². The molecule has 0 aliphatic carbocycles. The van der Waals surface area contributed by atoms with E-state index in [-0.39, 0.29) is 49.4 Å². The highest BCUT2D eigenvalue weighted by molar-refractivity contribution is 7.22. The van der Waals surface area contributed by atoms with Gasteiger partial charge >= 0.3 is 18.1 Å². The van der Waals surface area contributed by atoms with E-state index in [0.29, 0.717) is 33.5 Å². The van der Waals surface area contributed by atoms with E-state index in [2.05, 4.69) is 22.5 Å². The van der Waals surface area contributed by atoms with Crippen molar-refractivity contribution in [2.24, 2.45) is 11.7 Å². The maximum atomic E-state index is 16.4. The molecule has 5 aromatic carbocycles. The molecule has 67 heavy (non-hydrogen) atoms.